The Hall–Kier alpha value is -0.0800. The minimum Gasteiger partial charge on any atom is -0.379 e. The van der Waals surface area contributed by atoms with Crippen LogP contribution < -0.4 is 0 Å². The van der Waals surface area contributed by atoms with Crippen molar-refractivity contribution in [1.29, 1.82) is 0 Å². The first-order valence-electron chi connectivity index (χ1n) is 3.49. The van der Waals surface area contributed by atoms with Crippen molar-refractivity contribution in [2.45, 2.75) is 39.5 Å². The Labute approximate surface area is 57.5 Å². The zero-order chi connectivity index (χ0) is 7.44. The predicted octanol–water partition coefficient (Wildman–Crippen LogP) is 1.05. The third-order valence-corrected chi connectivity index (χ3v) is 1.88. The van der Waals surface area contributed by atoms with Crippen LogP contribution in [0.25, 0.3) is 0 Å². The van der Waals surface area contributed by atoms with Gasteiger partial charge in [-0.2, -0.15) is 0 Å². The predicted molar refractivity (Wildman–Crippen MR) is 39.2 cm³/mol. The third-order valence-electron chi connectivity index (χ3n) is 1.88. The van der Waals surface area contributed by atoms with Gasteiger partial charge in [-0.1, -0.05) is 6.92 Å². The summed E-state index contributed by atoms with van der Waals surface area (Å²) < 4.78 is 0. The van der Waals surface area contributed by atoms with Gasteiger partial charge in [-0.05, 0) is 27.3 Å². The van der Waals surface area contributed by atoms with Crippen LogP contribution in [0.5, 0.6) is 0 Å². The summed E-state index contributed by atoms with van der Waals surface area (Å²) in [6.07, 6.45) is 0.765. The minimum atomic E-state index is -0.319. The van der Waals surface area contributed by atoms with Crippen molar-refractivity contribution < 1.29 is 5.11 Å². The molecule has 0 spiro atoms. The van der Waals surface area contributed by atoms with E-state index in [2.05, 4.69) is 13.8 Å². The van der Waals surface area contributed by atoms with Gasteiger partial charge in [0.25, 0.3) is 0 Å². The van der Waals surface area contributed by atoms with Crippen molar-refractivity contribution in [1.82, 2.24) is 4.90 Å². The molecular weight excluding hydrogens is 114 g/mol. The van der Waals surface area contributed by atoms with Gasteiger partial charge in [0.1, 0.15) is 6.23 Å². The Morgan fingerprint density at radius 3 is 2.00 bits per heavy atom. The molecule has 0 aliphatic carbocycles. The molecule has 2 heteroatoms. The van der Waals surface area contributed by atoms with Crippen LogP contribution in [-0.2, 0) is 0 Å². The van der Waals surface area contributed by atoms with Gasteiger partial charge in [-0.25, -0.2) is 0 Å². The summed E-state index contributed by atoms with van der Waals surface area (Å²) >= 11 is 0. The van der Waals surface area contributed by atoms with E-state index >= 15 is 0 Å². The van der Waals surface area contributed by atoms with Crippen LogP contribution in [0.15, 0.2) is 0 Å². The lowest BCUT2D eigenvalue weighted by atomic mass is 10.2. The Balaban J connectivity index is 3.58. The maximum Gasteiger partial charge on any atom is 0.104 e. The fraction of sp³-hybridized carbons (Fsp3) is 1.00. The minimum absolute atomic E-state index is 0.319. The first-order valence-corrected chi connectivity index (χ1v) is 3.49. The molecule has 0 fully saturated rings. The molecule has 0 bridgehead atoms. The molecule has 9 heavy (non-hydrogen) atoms. The van der Waals surface area contributed by atoms with Gasteiger partial charge in [-0.3, -0.25) is 4.90 Å². The fourth-order valence-electron chi connectivity index (χ4n) is 0.656. The van der Waals surface area contributed by atoms with E-state index in [1.807, 2.05) is 11.9 Å². The number of hydrogen-bond donors (Lipinski definition) is 1. The highest BCUT2D eigenvalue weighted by molar-refractivity contribution is 4.60. The molecule has 0 rings (SSSR count). The molecule has 2 atom stereocenters. The molecule has 0 aromatic heterocycles. The lowest BCUT2D eigenvalue weighted by Crippen LogP contribution is -2.36. The zero-order valence-electron chi connectivity index (χ0n) is 6.76. The molecule has 0 aromatic carbocycles. The smallest absolute Gasteiger partial charge is 0.104 e. The van der Waals surface area contributed by atoms with Gasteiger partial charge in [0.05, 0.1) is 0 Å². The Morgan fingerprint density at radius 2 is 1.89 bits per heavy atom. The highest BCUT2D eigenvalue weighted by atomic mass is 16.3. The average Bonchev–Trinajstić information content (AvgIpc) is 1.84. The second kappa shape index (κ2) is 3.85. The van der Waals surface area contributed by atoms with Gasteiger partial charge in [0.15, 0.2) is 0 Å². The molecule has 2 unspecified atom stereocenters. The molecule has 0 heterocycles. The van der Waals surface area contributed by atoms with Crippen molar-refractivity contribution in [3.63, 3.8) is 0 Å². The standard InChI is InChI=1S/C7H17NO/c1-5-6(2)8(4)7(3)9/h6-7,9H,5H2,1-4H3. The van der Waals surface area contributed by atoms with Gasteiger partial charge in [-0.15, -0.1) is 0 Å². The SMILES string of the molecule is CCC(C)N(C)C(C)O. The van der Waals surface area contributed by atoms with E-state index in [9.17, 15) is 0 Å². The van der Waals surface area contributed by atoms with Gasteiger partial charge in [0.2, 0.25) is 0 Å². The highest BCUT2D eigenvalue weighted by Crippen LogP contribution is 2.02. The van der Waals surface area contributed by atoms with Crippen molar-refractivity contribution >= 4 is 0 Å². The number of hydrogen-bond acceptors (Lipinski definition) is 2. The van der Waals surface area contributed by atoms with Crippen LogP contribution in [0.1, 0.15) is 27.2 Å². The largest absolute Gasteiger partial charge is 0.379 e. The van der Waals surface area contributed by atoms with E-state index in [-0.39, 0.29) is 6.23 Å². The molecule has 0 saturated heterocycles. The normalized spacial score (nSPS) is 18.0. The van der Waals surface area contributed by atoms with Crippen LogP contribution in [0.4, 0.5) is 0 Å². The van der Waals surface area contributed by atoms with E-state index in [0.29, 0.717) is 6.04 Å². The molecule has 0 aliphatic rings. The summed E-state index contributed by atoms with van der Waals surface area (Å²) in [6, 6.07) is 0.477. The first-order chi connectivity index (χ1) is 4.09. The van der Waals surface area contributed by atoms with Gasteiger partial charge in [0, 0.05) is 6.04 Å². The van der Waals surface area contributed by atoms with E-state index in [0.717, 1.165) is 6.42 Å². The maximum absolute atomic E-state index is 9.05. The fourth-order valence-corrected chi connectivity index (χ4v) is 0.656. The Morgan fingerprint density at radius 1 is 1.44 bits per heavy atom. The summed E-state index contributed by atoms with van der Waals surface area (Å²) in [5, 5.41) is 9.05. The first kappa shape index (κ1) is 8.92. The molecule has 0 amide bonds. The number of aliphatic hydroxyl groups is 1. The molecule has 0 saturated carbocycles. The van der Waals surface area contributed by atoms with E-state index < -0.39 is 0 Å². The second-order valence-electron chi connectivity index (χ2n) is 2.55. The van der Waals surface area contributed by atoms with Gasteiger partial charge < -0.3 is 5.11 Å². The molecule has 0 radical (unpaired) electrons. The molecule has 0 aromatic rings. The summed E-state index contributed by atoms with van der Waals surface area (Å²) in [7, 11) is 1.93. The van der Waals surface area contributed by atoms with Crippen LogP contribution in [0, 0.1) is 0 Å². The highest BCUT2D eigenvalue weighted by Gasteiger charge is 2.09. The van der Waals surface area contributed by atoms with Crippen molar-refractivity contribution in [3.05, 3.63) is 0 Å². The number of nitrogens with zero attached hydrogens (tertiary/aromatic N) is 1. The summed E-state index contributed by atoms with van der Waals surface area (Å²) in [5.74, 6) is 0. The van der Waals surface area contributed by atoms with Gasteiger partial charge >= 0.3 is 0 Å². The van der Waals surface area contributed by atoms with Crippen LogP contribution in [0.3, 0.4) is 0 Å². The number of rotatable bonds is 3. The maximum atomic E-state index is 9.05. The average molecular weight is 131 g/mol. The van der Waals surface area contributed by atoms with Crippen LogP contribution in [0.2, 0.25) is 0 Å². The summed E-state index contributed by atoms with van der Waals surface area (Å²) in [5.41, 5.74) is 0. The van der Waals surface area contributed by atoms with Crippen molar-refractivity contribution in [2.24, 2.45) is 0 Å². The number of aliphatic hydroxyl groups excluding tert-OH is 1. The molecule has 56 valence electrons. The monoisotopic (exact) mass is 131 g/mol. The molecule has 2 nitrogen and oxygen atoms in total. The lowest BCUT2D eigenvalue weighted by molar-refractivity contribution is 0.0124. The summed E-state index contributed by atoms with van der Waals surface area (Å²) in [6.45, 7) is 6.00. The van der Waals surface area contributed by atoms with Crippen molar-refractivity contribution in [2.75, 3.05) is 7.05 Å². The van der Waals surface area contributed by atoms with E-state index in [1.54, 1.807) is 6.92 Å². The zero-order valence-corrected chi connectivity index (χ0v) is 6.76. The lowest BCUT2D eigenvalue weighted by Gasteiger charge is -2.25. The van der Waals surface area contributed by atoms with Crippen LogP contribution >= 0.6 is 0 Å². The van der Waals surface area contributed by atoms with Crippen LogP contribution in [-0.4, -0.2) is 29.3 Å². The van der Waals surface area contributed by atoms with E-state index in [1.165, 1.54) is 0 Å². The topological polar surface area (TPSA) is 23.5 Å². The molecule has 1 N–H and O–H groups in total. The van der Waals surface area contributed by atoms with Crippen molar-refractivity contribution in [3.8, 4) is 0 Å². The Kier molecular flexibility index (Phi) is 3.82. The quantitative estimate of drug-likeness (QED) is 0.579. The molecular formula is C7H17NO. The third kappa shape index (κ3) is 2.82. The molecule has 0 aliphatic heterocycles. The second-order valence-corrected chi connectivity index (χ2v) is 2.55. The summed E-state index contributed by atoms with van der Waals surface area (Å²) in [4.78, 5) is 1.94. The Bertz CT molecular complexity index is 73.3. The van der Waals surface area contributed by atoms with E-state index in [4.69, 9.17) is 5.11 Å².